The van der Waals surface area contributed by atoms with Crippen LogP contribution in [-0.2, 0) is 4.79 Å². The number of aryl methyl sites for hydroxylation is 1. The molecule has 2 unspecified atom stereocenters. The minimum absolute atomic E-state index is 0.0200. The first-order chi connectivity index (χ1) is 18.5. The molecule has 0 aliphatic heterocycles. The minimum atomic E-state index is -0.249. The van der Waals surface area contributed by atoms with Crippen molar-refractivity contribution in [2.45, 2.75) is 19.3 Å². The van der Waals surface area contributed by atoms with Gasteiger partial charge in [0.2, 0.25) is 5.91 Å². The second-order valence-corrected chi connectivity index (χ2v) is 11.0. The average Bonchev–Trinajstić information content (AvgIpc) is 3.64. The van der Waals surface area contributed by atoms with Gasteiger partial charge in [-0.1, -0.05) is 89.7 Å². The van der Waals surface area contributed by atoms with Gasteiger partial charge in [0.15, 0.2) is 5.13 Å². The van der Waals surface area contributed by atoms with Crippen LogP contribution in [0.4, 0.5) is 10.8 Å². The Morgan fingerprint density at radius 1 is 0.895 bits per heavy atom. The summed E-state index contributed by atoms with van der Waals surface area (Å²) in [6.07, 6.45) is 0.827. The van der Waals surface area contributed by atoms with Crippen LogP contribution < -0.4 is 10.6 Å². The predicted octanol–water partition coefficient (Wildman–Crippen LogP) is 7.92. The van der Waals surface area contributed by atoms with Crippen LogP contribution in [0.3, 0.4) is 0 Å². The van der Waals surface area contributed by atoms with E-state index in [2.05, 4.69) is 52.0 Å². The summed E-state index contributed by atoms with van der Waals surface area (Å²) < 4.78 is 0.827. The number of nitrogens with zero attached hydrogens (tertiary/aromatic N) is 1. The fourth-order valence-electron chi connectivity index (χ4n) is 4.70. The summed E-state index contributed by atoms with van der Waals surface area (Å²) in [4.78, 5) is 30.4. The van der Waals surface area contributed by atoms with E-state index in [4.69, 9.17) is 11.6 Å². The Labute approximate surface area is 229 Å². The molecule has 5 nitrogen and oxygen atoms in total. The fourth-order valence-corrected chi connectivity index (χ4v) is 5.88. The first-order valence-electron chi connectivity index (χ1n) is 12.4. The zero-order valence-electron chi connectivity index (χ0n) is 20.6. The van der Waals surface area contributed by atoms with E-state index in [0.29, 0.717) is 21.4 Å². The van der Waals surface area contributed by atoms with Crippen LogP contribution in [0.15, 0.2) is 91.0 Å². The Bertz CT molecular complexity index is 1640. The minimum Gasteiger partial charge on any atom is -0.320 e. The highest BCUT2D eigenvalue weighted by Crippen LogP contribution is 2.48. The van der Waals surface area contributed by atoms with Gasteiger partial charge < -0.3 is 10.6 Å². The molecular formula is C31H24ClN3O2S. The summed E-state index contributed by atoms with van der Waals surface area (Å²) in [5, 5.41) is 6.91. The van der Waals surface area contributed by atoms with Gasteiger partial charge in [0.1, 0.15) is 0 Å². The highest BCUT2D eigenvalue weighted by atomic mass is 35.5. The molecule has 1 fully saturated rings. The van der Waals surface area contributed by atoms with E-state index in [1.807, 2.05) is 37.3 Å². The zero-order valence-corrected chi connectivity index (χ0v) is 22.1. The molecule has 5 aromatic rings. The molecule has 0 bridgehead atoms. The molecule has 1 aliphatic carbocycles. The van der Waals surface area contributed by atoms with Crippen molar-refractivity contribution in [1.82, 2.24) is 4.98 Å². The maximum absolute atomic E-state index is 12.9. The first-order valence-corrected chi connectivity index (χ1v) is 13.6. The molecular weight excluding hydrogens is 514 g/mol. The van der Waals surface area contributed by atoms with E-state index in [1.165, 1.54) is 28.0 Å². The number of para-hydroxylation sites is 1. The third kappa shape index (κ3) is 4.93. The molecule has 7 heteroatoms. The van der Waals surface area contributed by atoms with Crippen molar-refractivity contribution in [3.63, 3.8) is 0 Å². The number of fused-ring (bicyclic) bond motifs is 1. The molecule has 4 aromatic carbocycles. The van der Waals surface area contributed by atoms with Crippen LogP contribution in [0, 0.1) is 12.8 Å². The van der Waals surface area contributed by atoms with Crippen LogP contribution in [0.5, 0.6) is 0 Å². The number of amides is 2. The largest absolute Gasteiger partial charge is 0.320 e. The van der Waals surface area contributed by atoms with Crippen LogP contribution in [0.2, 0.25) is 5.02 Å². The monoisotopic (exact) mass is 537 g/mol. The third-order valence-electron chi connectivity index (χ3n) is 6.91. The van der Waals surface area contributed by atoms with Crippen molar-refractivity contribution in [1.29, 1.82) is 0 Å². The zero-order chi connectivity index (χ0) is 26.2. The smallest absolute Gasteiger partial charge is 0.255 e. The summed E-state index contributed by atoms with van der Waals surface area (Å²) in [6, 6.07) is 29.5. The van der Waals surface area contributed by atoms with Gasteiger partial charge in [0.25, 0.3) is 5.91 Å². The topological polar surface area (TPSA) is 71.1 Å². The van der Waals surface area contributed by atoms with Crippen molar-refractivity contribution >= 4 is 55.8 Å². The molecule has 38 heavy (non-hydrogen) atoms. The molecule has 2 atom stereocenters. The summed E-state index contributed by atoms with van der Waals surface area (Å²) in [5.74, 6) is -0.114. The molecule has 2 amide bonds. The Hall–Kier alpha value is -4.00. The van der Waals surface area contributed by atoms with Crippen LogP contribution in [-0.4, -0.2) is 16.8 Å². The van der Waals surface area contributed by atoms with Crippen LogP contribution in [0.25, 0.3) is 21.3 Å². The summed E-state index contributed by atoms with van der Waals surface area (Å²) in [7, 11) is 0. The molecule has 0 saturated heterocycles. The van der Waals surface area contributed by atoms with Gasteiger partial charge in [-0.3, -0.25) is 9.59 Å². The van der Waals surface area contributed by atoms with Gasteiger partial charge in [-0.05, 0) is 65.8 Å². The van der Waals surface area contributed by atoms with Gasteiger partial charge in [0, 0.05) is 11.5 Å². The highest BCUT2D eigenvalue weighted by Gasteiger charge is 2.44. The second-order valence-electron chi connectivity index (χ2n) is 9.51. The fraction of sp³-hybridized carbons (Fsp3) is 0.129. The Kier molecular flexibility index (Phi) is 6.44. The van der Waals surface area contributed by atoms with Gasteiger partial charge in [-0.2, -0.15) is 0 Å². The number of carbonyl (C=O) groups is 2. The summed E-state index contributed by atoms with van der Waals surface area (Å²) >= 11 is 7.62. The van der Waals surface area contributed by atoms with E-state index in [0.717, 1.165) is 22.2 Å². The number of rotatable bonds is 6. The van der Waals surface area contributed by atoms with Crippen molar-refractivity contribution < 1.29 is 9.59 Å². The Morgan fingerprint density at radius 3 is 2.42 bits per heavy atom. The molecule has 188 valence electrons. The van der Waals surface area contributed by atoms with Gasteiger partial charge in [0.05, 0.1) is 20.9 Å². The maximum atomic E-state index is 12.9. The van der Waals surface area contributed by atoms with Crippen molar-refractivity contribution in [2.24, 2.45) is 5.92 Å². The summed E-state index contributed by atoms with van der Waals surface area (Å²) in [6.45, 7) is 1.90. The van der Waals surface area contributed by atoms with Gasteiger partial charge >= 0.3 is 0 Å². The molecule has 0 radical (unpaired) electrons. The number of halogens is 1. The van der Waals surface area contributed by atoms with E-state index in [1.54, 1.807) is 24.3 Å². The van der Waals surface area contributed by atoms with E-state index in [9.17, 15) is 9.59 Å². The van der Waals surface area contributed by atoms with Crippen LogP contribution >= 0.6 is 22.9 Å². The predicted molar refractivity (Wildman–Crippen MR) is 155 cm³/mol. The number of nitrogens with one attached hydrogen (secondary N) is 2. The van der Waals surface area contributed by atoms with Gasteiger partial charge in [-0.25, -0.2) is 4.98 Å². The van der Waals surface area contributed by atoms with Crippen LogP contribution in [0.1, 0.15) is 33.8 Å². The van der Waals surface area contributed by atoms with Gasteiger partial charge in [-0.15, -0.1) is 0 Å². The SMILES string of the molecule is Cc1cccc(Cl)c1NC(=O)c1ccc2nc(NC(=O)C3CC3c3ccc(-c4ccccc4)cc3)sc2c1. The third-order valence-corrected chi connectivity index (χ3v) is 8.16. The average molecular weight is 538 g/mol. The number of hydrogen-bond acceptors (Lipinski definition) is 4. The number of hydrogen-bond donors (Lipinski definition) is 2. The van der Waals surface area contributed by atoms with E-state index in [-0.39, 0.29) is 23.7 Å². The van der Waals surface area contributed by atoms with E-state index >= 15 is 0 Å². The Balaban J connectivity index is 1.11. The highest BCUT2D eigenvalue weighted by molar-refractivity contribution is 7.22. The number of thiazole rings is 1. The van der Waals surface area contributed by atoms with Crippen molar-refractivity contribution in [3.05, 3.63) is 113 Å². The molecule has 1 aliphatic rings. The van der Waals surface area contributed by atoms with E-state index < -0.39 is 0 Å². The standard InChI is InChI=1S/C31H24ClN3O2S/c1-18-6-5-9-25(32)28(18)34-29(36)22-14-15-26-27(16-22)38-31(33-26)35-30(37)24-17-23(24)21-12-10-20(11-13-21)19-7-3-2-4-8-19/h2-16,23-24H,17H2,1H3,(H,34,36)(H,33,35,37). The lowest BCUT2D eigenvalue weighted by atomic mass is 10.0. The molecule has 1 saturated carbocycles. The lowest BCUT2D eigenvalue weighted by molar-refractivity contribution is -0.117. The second kappa shape index (κ2) is 10.0. The summed E-state index contributed by atoms with van der Waals surface area (Å²) in [5.41, 5.74) is 6.25. The molecule has 1 aromatic heterocycles. The number of aromatic nitrogens is 1. The quantitative estimate of drug-likeness (QED) is 0.231. The Morgan fingerprint density at radius 2 is 1.66 bits per heavy atom. The number of carbonyl (C=O) groups excluding carboxylic acids is 2. The molecule has 6 rings (SSSR count). The van der Waals surface area contributed by atoms with Crippen molar-refractivity contribution in [3.8, 4) is 11.1 Å². The lowest BCUT2D eigenvalue weighted by Gasteiger charge is -2.10. The molecule has 2 N–H and O–H groups in total. The first kappa shape index (κ1) is 24.3. The molecule has 0 spiro atoms. The number of anilines is 2. The lowest BCUT2D eigenvalue weighted by Crippen LogP contribution is -2.14. The number of benzene rings is 4. The molecule has 1 heterocycles. The van der Waals surface area contributed by atoms with Crippen molar-refractivity contribution in [2.75, 3.05) is 10.6 Å². The maximum Gasteiger partial charge on any atom is 0.255 e. The normalized spacial score (nSPS) is 16.3.